The van der Waals surface area contributed by atoms with Gasteiger partial charge in [0.25, 0.3) is 0 Å². The van der Waals surface area contributed by atoms with Crippen molar-refractivity contribution in [3.05, 3.63) is 65.5 Å². The largest absolute Gasteiger partial charge is 0.491 e. The first-order chi connectivity index (χ1) is 9.97. The Balaban J connectivity index is 2.55. The second kappa shape index (κ2) is 6.27. The van der Waals surface area contributed by atoms with Gasteiger partial charge in [0, 0.05) is 5.56 Å². The lowest BCUT2D eigenvalue weighted by molar-refractivity contribution is 0.236. The molecule has 2 aromatic carbocycles. The van der Waals surface area contributed by atoms with Crippen LogP contribution in [0.5, 0.6) is 5.75 Å². The van der Waals surface area contributed by atoms with Crippen molar-refractivity contribution >= 4 is 0 Å². The van der Waals surface area contributed by atoms with E-state index >= 15 is 0 Å². The highest BCUT2D eigenvalue weighted by atomic mass is 19.1. The van der Waals surface area contributed by atoms with Crippen molar-refractivity contribution < 1.29 is 9.13 Å². The Labute approximate surface area is 125 Å². The highest BCUT2D eigenvalue weighted by molar-refractivity contribution is 5.46. The Bertz CT molecular complexity index is 612. The highest BCUT2D eigenvalue weighted by Crippen LogP contribution is 2.36. The standard InChI is InChI=1S/C18H22FNO/c1-4-18(20,14-8-7-9-15(19)12-14)16-10-5-6-11-17(16)21-13(2)3/h5-13H,4,20H2,1-3H3. The first kappa shape index (κ1) is 15.5. The molecule has 0 saturated heterocycles. The maximum atomic E-state index is 13.6. The minimum absolute atomic E-state index is 0.0553. The molecule has 0 spiro atoms. The SMILES string of the molecule is CCC(N)(c1cccc(F)c1)c1ccccc1OC(C)C. The van der Waals surface area contributed by atoms with Crippen LogP contribution in [0.4, 0.5) is 4.39 Å². The molecule has 0 bridgehead atoms. The molecule has 21 heavy (non-hydrogen) atoms. The fourth-order valence-corrected chi connectivity index (χ4v) is 2.51. The zero-order valence-electron chi connectivity index (χ0n) is 12.8. The van der Waals surface area contributed by atoms with Crippen LogP contribution in [0.2, 0.25) is 0 Å². The maximum absolute atomic E-state index is 13.6. The molecule has 2 rings (SSSR count). The summed E-state index contributed by atoms with van der Waals surface area (Å²) in [7, 11) is 0. The minimum Gasteiger partial charge on any atom is -0.491 e. The van der Waals surface area contributed by atoms with Crippen LogP contribution >= 0.6 is 0 Å². The number of para-hydroxylation sites is 1. The molecular weight excluding hydrogens is 265 g/mol. The summed E-state index contributed by atoms with van der Waals surface area (Å²) in [6.07, 6.45) is 0.703. The van der Waals surface area contributed by atoms with Crippen molar-refractivity contribution in [1.29, 1.82) is 0 Å². The number of halogens is 1. The summed E-state index contributed by atoms with van der Waals surface area (Å²) in [5.74, 6) is 0.471. The molecule has 0 saturated carbocycles. The van der Waals surface area contributed by atoms with E-state index in [0.717, 1.165) is 16.9 Å². The first-order valence-corrected chi connectivity index (χ1v) is 7.28. The van der Waals surface area contributed by atoms with E-state index in [1.807, 2.05) is 51.1 Å². The van der Waals surface area contributed by atoms with Gasteiger partial charge in [-0.3, -0.25) is 0 Å². The van der Waals surface area contributed by atoms with Gasteiger partial charge in [-0.25, -0.2) is 4.39 Å². The lowest BCUT2D eigenvalue weighted by Gasteiger charge is -2.31. The second-order valence-corrected chi connectivity index (χ2v) is 5.50. The normalized spacial score (nSPS) is 14.0. The van der Waals surface area contributed by atoms with Crippen LogP contribution in [0, 0.1) is 5.82 Å². The molecule has 2 aromatic rings. The monoisotopic (exact) mass is 287 g/mol. The van der Waals surface area contributed by atoms with E-state index in [-0.39, 0.29) is 11.9 Å². The number of hydrogen-bond acceptors (Lipinski definition) is 2. The molecule has 0 radical (unpaired) electrons. The van der Waals surface area contributed by atoms with Gasteiger partial charge in [-0.05, 0) is 44.0 Å². The molecule has 0 fully saturated rings. The summed E-state index contributed by atoms with van der Waals surface area (Å²) in [5, 5.41) is 0. The quantitative estimate of drug-likeness (QED) is 0.893. The van der Waals surface area contributed by atoms with Gasteiger partial charge < -0.3 is 10.5 Å². The third-order valence-corrected chi connectivity index (χ3v) is 3.63. The number of hydrogen-bond donors (Lipinski definition) is 1. The smallest absolute Gasteiger partial charge is 0.125 e. The third kappa shape index (κ3) is 3.24. The van der Waals surface area contributed by atoms with Crippen molar-refractivity contribution in [3.63, 3.8) is 0 Å². The molecule has 1 atom stereocenters. The van der Waals surface area contributed by atoms with E-state index in [1.165, 1.54) is 12.1 Å². The first-order valence-electron chi connectivity index (χ1n) is 7.28. The van der Waals surface area contributed by atoms with E-state index in [2.05, 4.69) is 0 Å². The van der Waals surface area contributed by atoms with Gasteiger partial charge in [0.1, 0.15) is 11.6 Å². The van der Waals surface area contributed by atoms with Crippen molar-refractivity contribution in [2.24, 2.45) is 5.73 Å². The Morgan fingerprint density at radius 1 is 1.14 bits per heavy atom. The number of ether oxygens (including phenoxy) is 1. The Hall–Kier alpha value is -1.87. The lowest BCUT2D eigenvalue weighted by atomic mass is 9.81. The van der Waals surface area contributed by atoms with Gasteiger partial charge in [0.05, 0.1) is 11.6 Å². The molecule has 0 aliphatic heterocycles. The van der Waals surface area contributed by atoms with Crippen molar-refractivity contribution in [1.82, 2.24) is 0 Å². The molecule has 1 unspecified atom stereocenters. The van der Waals surface area contributed by atoms with Crippen LogP contribution in [0.1, 0.15) is 38.3 Å². The van der Waals surface area contributed by atoms with Gasteiger partial charge in [-0.2, -0.15) is 0 Å². The summed E-state index contributed by atoms with van der Waals surface area (Å²) in [6.45, 7) is 5.95. The predicted octanol–water partition coefficient (Wildman–Crippen LogP) is 4.23. The molecule has 0 aliphatic rings. The fourth-order valence-electron chi connectivity index (χ4n) is 2.51. The van der Waals surface area contributed by atoms with Gasteiger partial charge in [-0.1, -0.05) is 37.3 Å². The van der Waals surface area contributed by atoms with Crippen LogP contribution in [-0.4, -0.2) is 6.10 Å². The lowest BCUT2D eigenvalue weighted by Crippen LogP contribution is -2.38. The summed E-state index contributed by atoms with van der Waals surface area (Å²) in [4.78, 5) is 0. The van der Waals surface area contributed by atoms with Crippen LogP contribution in [0.3, 0.4) is 0 Å². The summed E-state index contributed by atoms with van der Waals surface area (Å²) >= 11 is 0. The molecule has 112 valence electrons. The summed E-state index contributed by atoms with van der Waals surface area (Å²) in [5.41, 5.74) is 7.50. The second-order valence-electron chi connectivity index (χ2n) is 5.50. The zero-order chi connectivity index (χ0) is 15.5. The Kier molecular flexibility index (Phi) is 4.63. The Morgan fingerprint density at radius 2 is 1.86 bits per heavy atom. The van der Waals surface area contributed by atoms with Gasteiger partial charge in [-0.15, -0.1) is 0 Å². The van der Waals surface area contributed by atoms with Gasteiger partial charge in [0.2, 0.25) is 0 Å². The van der Waals surface area contributed by atoms with E-state index < -0.39 is 5.54 Å². The van der Waals surface area contributed by atoms with E-state index in [9.17, 15) is 4.39 Å². The van der Waals surface area contributed by atoms with Gasteiger partial charge >= 0.3 is 0 Å². The summed E-state index contributed by atoms with van der Waals surface area (Å²) in [6, 6.07) is 14.2. The highest BCUT2D eigenvalue weighted by Gasteiger charge is 2.31. The summed E-state index contributed by atoms with van der Waals surface area (Å²) < 4.78 is 19.4. The van der Waals surface area contributed by atoms with Crippen LogP contribution in [0.25, 0.3) is 0 Å². The average Bonchev–Trinajstić information content (AvgIpc) is 2.46. The molecule has 3 heteroatoms. The number of nitrogens with two attached hydrogens (primary N) is 1. The molecular formula is C18H22FNO. The molecule has 2 N–H and O–H groups in total. The van der Waals surface area contributed by atoms with Gasteiger partial charge in [0.15, 0.2) is 0 Å². The zero-order valence-corrected chi connectivity index (χ0v) is 12.8. The predicted molar refractivity (Wildman–Crippen MR) is 83.9 cm³/mol. The molecule has 0 amide bonds. The fraction of sp³-hybridized carbons (Fsp3) is 0.333. The third-order valence-electron chi connectivity index (χ3n) is 3.63. The molecule has 0 heterocycles. The topological polar surface area (TPSA) is 35.2 Å². The van der Waals surface area contributed by atoms with Crippen molar-refractivity contribution in [2.75, 3.05) is 0 Å². The van der Waals surface area contributed by atoms with Crippen LogP contribution in [0.15, 0.2) is 48.5 Å². The maximum Gasteiger partial charge on any atom is 0.125 e. The minimum atomic E-state index is -0.770. The molecule has 0 aliphatic carbocycles. The van der Waals surface area contributed by atoms with E-state index in [1.54, 1.807) is 6.07 Å². The molecule has 2 nitrogen and oxygen atoms in total. The number of rotatable bonds is 5. The van der Waals surface area contributed by atoms with Crippen LogP contribution < -0.4 is 10.5 Å². The average molecular weight is 287 g/mol. The van der Waals surface area contributed by atoms with Crippen molar-refractivity contribution in [2.45, 2.75) is 38.8 Å². The van der Waals surface area contributed by atoms with Crippen molar-refractivity contribution in [3.8, 4) is 5.75 Å². The Morgan fingerprint density at radius 3 is 2.48 bits per heavy atom. The van der Waals surface area contributed by atoms with Crippen LogP contribution in [-0.2, 0) is 5.54 Å². The number of benzene rings is 2. The van der Waals surface area contributed by atoms with E-state index in [4.69, 9.17) is 10.5 Å². The molecule has 0 aromatic heterocycles. The van der Waals surface area contributed by atoms with E-state index in [0.29, 0.717) is 6.42 Å².